The van der Waals surface area contributed by atoms with Crippen molar-refractivity contribution in [3.63, 3.8) is 0 Å². The van der Waals surface area contributed by atoms with E-state index >= 15 is 0 Å². The number of urea groups is 1. The van der Waals surface area contributed by atoms with Crippen LogP contribution in [0.25, 0.3) is 6.08 Å². The standard InChI is InChI=1S/C13H16N2O3/c1-3-15(2)13(18)14-11-6-4-5-10(9-11)7-8-12(16)17/h4-9H,3H2,1-2H3,(H,14,18)(H,16,17)/b8-7+. The predicted octanol–water partition coefficient (Wildman–Crippen LogP) is 2.27. The first kappa shape index (κ1) is 13.8. The van der Waals surface area contributed by atoms with E-state index in [0.717, 1.165) is 6.08 Å². The van der Waals surface area contributed by atoms with Gasteiger partial charge in [0.2, 0.25) is 0 Å². The number of rotatable bonds is 4. The Hall–Kier alpha value is -2.30. The molecule has 1 aromatic rings. The van der Waals surface area contributed by atoms with Gasteiger partial charge < -0.3 is 15.3 Å². The number of carboxylic acids is 1. The highest BCUT2D eigenvalue weighted by molar-refractivity contribution is 5.90. The van der Waals surface area contributed by atoms with Crippen LogP contribution in [0.1, 0.15) is 12.5 Å². The molecular weight excluding hydrogens is 232 g/mol. The van der Waals surface area contributed by atoms with Crippen LogP contribution >= 0.6 is 0 Å². The van der Waals surface area contributed by atoms with Gasteiger partial charge in [-0.25, -0.2) is 9.59 Å². The van der Waals surface area contributed by atoms with E-state index in [9.17, 15) is 9.59 Å². The molecule has 0 fully saturated rings. The molecule has 18 heavy (non-hydrogen) atoms. The third-order valence-electron chi connectivity index (χ3n) is 2.38. The van der Waals surface area contributed by atoms with Gasteiger partial charge in [-0.15, -0.1) is 0 Å². The van der Waals surface area contributed by atoms with Gasteiger partial charge in [-0.3, -0.25) is 0 Å². The van der Waals surface area contributed by atoms with Crippen molar-refractivity contribution >= 4 is 23.8 Å². The molecule has 96 valence electrons. The Kier molecular flexibility index (Phi) is 4.92. The summed E-state index contributed by atoms with van der Waals surface area (Å²) in [4.78, 5) is 23.6. The lowest BCUT2D eigenvalue weighted by Gasteiger charge is -2.15. The van der Waals surface area contributed by atoms with E-state index < -0.39 is 5.97 Å². The van der Waals surface area contributed by atoms with Gasteiger partial charge in [0.05, 0.1) is 0 Å². The Labute approximate surface area is 106 Å². The molecule has 0 bridgehead atoms. The van der Waals surface area contributed by atoms with Crippen LogP contribution < -0.4 is 5.32 Å². The molecule has 0 unspecified atom stereocenters. The zero-order valence-electron chi connectivity index (χ0n) is 10.4. The third kappa shape index (κ3) is 4.29. The minimum Gasteiger partial charge on any atom is -0.478 e. The highest BCUT2D eigenvalue weighted by atomic mass is 16.4. The maximum absolute atomic E-state index is 11.6. The predicted molar refractivity (Wildman–Crippen MR) is 70.4 cm³/mol. The number of anilines is 1. The molecule has 0 aliphatic rings. The summed E-state index contributed by atoms with van der Waals surface area (Å²) in [6, 6.07) is 6.78. The zero-order chi connectivity index (χ0) is 13.5. The lowest BCUT2D eigenvalue weighted by atomic mass is 10.2. The van der Waals surface area contributed by atoms with Crippen LogP contribution in [0.15, 0.2) is 30.3 Å². The molecule has 2 N–H and O–H groups in total. The first-order valence-electron chi connectivity index (χ1n) is 5.56. The zero-order valence-corrected chi connectivity index (χ0v) is 10.4. The lowest BCUT2D eigenvalue weighted by molar-refractivity contribution is -0.131. The highest BCUT2D eigenvalue weighted by Crippen LogP contribution is 2.12. The second kappa shape index (κ2) is 6.44. The smallest absolute Gasteiger partial charge is 0.328 e. The van der Waals surface area contributed by atoms with Crippen LogP contribution in [-0.4, -0.2) is 35.6 Å². The van der Waals surface area contributed by atoms with E-state index in [1.54, 1.807) is 36.2 Å². The normalized spacial score (nSPS) is 10.3. The maximum atomic E-state index is 11.6. The van der Waals surface area contributed by atoms with Crippen LogP contribution in [0.3, 0.4) is 0 Å². The number of aliphatic carboxylic acids is 1. The Morgan fingerprint density at radius 3 is 2.78 bits per heavy atom. The van der Waals surface area contributed by atoms with Crippen LogP contribution in [0.4, 0.5) is 10.5 Å². The van der Waals surface area contributed by atoms with E-state index in [2.05, 4.69) is 5.32 Å². The minimum atomic E-state index is -1.00. The quantitative estimate of drug-likeness (QED) is 0.803. The van der Waals surface area contributed by atoms with E-state index in [0.29, 0.717) is 17.8 Å². The van der Waals surface area contributed by atoms with E-state index in [4.69, 9.17) is 5.11 Å². The van der Waals surface area contributed by atoms with Crippen molar-refractivity contribution < 1.29 is 14.7 Å². The third-order valence-corrected chi connectivity index (χ3v) is 2.38. The second-order valence-electron chi connectivity index (χ2n) is 3.74. The fourth-order valence-electron chi connectivity index (χ4n) is 1.25. The molecule has 0 aliphatic carbocycles. The number of carboxylic acid groups (broad SMARTS) is 1. The number of hydrogen-bond donors (Lipinski definition) is 2. The minimum absolute atomic E-state index is 0.197. The van der Waals surface area contributed by atoms with Crippen molar-refractivity contribution in [1.29, 1.82) is 0 Å². The van der Waals surface area contributed by atoms with Crippen molar-refractivity contribution in [2.75, 3.05) is 18.9 Å². The average molecular weight is 248 g/mol. The number of nitrogens with one attached hydrogen (secondary N) is 1. The number of hydrogen-bond acceptors (Lipinski definition) is 2. The molecule has 0 saturated heterocycles. The van der Waals surface area contributed by atoms with Crippen molar-refractivity contribution in [1.82, 2.24) is 4.90 Å². The number of benzene rings is 1. The Bertz CT molecular complexity index is 469. The van der Waals surface area contributed by atoms with Crippen LogP contribution in [0, 0.1) is 0 Å². The van der Waals surface area contributed by atoms with E-state index in [1.807, 2.05) is 6.92 Å². The van der Waals surface area contributed by atoms with Gasteiger partial charge in [-0.05, 0) is 30.7 Å². The number of nitrogens with zero attached hydrogens (tertiary/aromatic N) is 1. The van der Waals surface area contributed by atoms with Gasteiger partial charge >= 0.3 is 12.0 Å². The molecule has 5 heteroatoms. The maximum Gasteiger partial charge on any atom is 0.328 e. The summed E-state index contributed by atoms with van der Waals surface area (Å²) in [6.45, 7) is 2.50. The molecule has 0 aromatic heterocycles. The van der Waals surface area contributed by atoms with Gasteiger partial charge in [-0.1, -0.05) is 12.1 Å². The fourth-order valence-corrected chi connectivity index (χ4v) is 1.25. The number of amides is 2. The van der Waals surface area contributed by atoms with Crippen molar-refractivity contribution in [2.45, 2.75) is 6.92 Å². The molecule has 1 rings (SSSR count). The molecule has 5 nitrogen and oxygen atoms in total. The summed E-state index contributed by atoms with van der Waals surface area (Å²) >= 11 is 0. The molecule has 0 spiro atoms. The second-order valence-corrected chi connectivity index (χ2v) is 3.74. The SMILES string of the molecule is CCN(C)C(=O)Nc1cccc(/C=C/C(=O)O)c1. The number of carbonyl (C=O) groups excluding carboxylic acids is 1. The largest absolute Gasteiger partial charge is 0.478 e. The van der Waals surface area contributed by atoms with Crippen molar-refractivity contribution in [3.05, 3.63) is 35.9 Å². The van der Waals surface area contributed by atoms with Crippen LogP contribution in [0.2, 0.25) is 0 Å². The molecule has 0 atom stereocenters. The van der Waals surface area contributed by atoms with Gasteiger partial charge in [0.1, 0.15) is 0 Å². The summed E-state index contributed by atoms with van der Waals surface area (Å²) in [5.41, 5.74) is 1.35. The molecule has 0 heterocycles. The summed E-state index contributed by atoms with van der Waals surface area (Å²) in [5.74, 6) is -1.00. The van der Waals surface area contributed by atoms with Gasteiger partial charge in [0, 0.05) is 25.4 Å². The Balaban J connectivity index is 2.76. The van der Waals surface area contributed by atoms with Crippen molar-refractivity contribution in [3.8, 4) is 0 Å². The molecule has 0 radical (unpaired) electrons. The summed E-state index contributed by atoms with van der Waals surface area (Å²) in [7, 11) is 1.70. The Morgan fingerprint density at radius 2 is 2.17 bits per heavy atom. The summed E-state index contributed by atoms with van der Waals surface area (Å²) < 4.78 is 0. The molecule has 0 saturated carbocycles. The first-order valence-corrected chi connectivity index (χ1v) is 5.56. The van der Waals surface area contributed by atoms with E-state index in [-0.39, 0.29) is 6.03 Å². The molecule has 1 aromatic carbocycles. The molecular formula is C13H16N2O3. The monoisotopic (exact) mass is 248 g/mol. The molecule has 2 amide bonds. The van der Waals surface area contributed by atoms with Gasteiger partial charge in [0.15, 0.2) is 0 Å². The topological polar surface area (TPSA) is 69.6 Å². The first-order chi connectivity index (χ1) is 8.52. The van der Waals surface area contributed by atoms with Crippen LogP contribution in [-0.2, 0) is 4.79 Å². The van der Waals surface area contributed by atoms with Crippen molar-refractivity contribution in [2.24, 2.45) is 0 Å². The highest BCUT2D eigenvalue weighted by Gasteiger charge is 2.05. The van der Waals surface area contributed by atoms with Gasteiger partial charge in [0.25, 0.3) is 0 Å². The lowest BCUT2D eigenvalue weighted by Crippen LogP contribution is -2.30. The Morgan fingerprint density at radius 1 is 1.44 bits per heavy atom. The molecule has 0 aliphatic heterocycles. The fraction of sp³-hybridized carbons (Fsp3) is 0.231. The summed E-state index contributed by atoms with van der Waals surface area (Å²) in [5, 5.41) is 11.3. The van der Waals surface area contributed by atoms with Gasteiger partial charge in [-0.2, -0.15) is 0 Å². The van der Waals surface area contributed by atoms with Crippen LogP contribution in [0.5, 0.6) is 0 Å². The van der Waals surface area contributed by atoms with E-state index in [1.165, 1.54) is 6.08 Å². The summed E-state index contributed by atoms with van der Waals surface area (Å²) in [6.07, 6.45) is 2.53. The average Bonchev–Trinajstić information content (AvgIpc) is 2.35. The number of carbonyl (C=O) groups is 2.